The fourth-order valence-corrected chi connectivity index (χ4v) is 2.74. The Hall–Kier alpha value is -1.38. The molecule has 0 N–H and O–H groups in total. The first kappa shape index (κ1) is 13.1. The van der Waals surface area contributed by atoms with E-state index in [2.05, 4.69) is 13.8 Å². The topological polar surface area (TPSA) is 20.3 Å². The molecular weight excluding hydrogens is 229 g/mol. The molecule has 1 aromatic carbocycles. The third-order valence-electron chi connectivity index (χ3n) is 3.57. The first-order chi connectivity index (χ1) is 8.47. The van der Waals surface area contributed by atoms with Crippen LogP contribution < -0.4 is 0 Å². The largest absolute Gasteiger partial charge is 0.338 e. The van der Waals surface area contributed by atoms with Crippen molar-refractivity contribution in [3.05, 3.63) is 35.1 Å². The van der Waals surface area contributed by atoms with Gasteiger partial charge in [-0.1, -0.05) is 19.9 Å². The fraction of sp³-hybridized carbons (Fsp3) is 0.533. The molecule has 0 spiro atoms. The number of nitrogens with zero attached hydrogens (tertiary/aromatic N) is 1. The first-order valence-corrected chi connectivity index (χ1v) is 6.52. The summed E-state index contributed by atoms with van der Waals surface area (Å²) in [6, 6.07) is 4.73. The second-order valence-electron chi connectivity index (χ2n) is 5.62. The average molecular weight is 249 g/mol. The molecule has 2 atom stereocenters. The van der Waals surface area contributed by atoms with Crippen LogP contribution in [0.4, 0.5) is 4.39 Å². The maximum absolute atomic E-state index is 13.5. The van der Waals surface area contributed by atoms with Crippen molar-refractivity contribution in [2.24, 2.45) is 11.8 Å². The molecule has 1 amide bonds. The SMILES string of the molecule is Cc1ccc(C(=O)N2CC(C)CC(C)C2)cc1F. The lowest BCUT2D eigenvalue weighted by Gasteiger charge is -2.35. The smallest absolute Gasteiger partial charge is 0.253 e. The number of carbonyl (C=O) groups excluding carboxylic acids is 1. The summed E-state index contributed by atoms with van der Waals surface area (Å²) in [4.78, 5) is 14.2. The second-order valence-corrected chi connectivity index (χ2v) is 5.62. The lowest BCUT2D eigenvalue weighted by atomic mass is 9.91. The maximum atomic E-state index is 13.5. The van der Waals surface area contributed by atoms with Crippen molar-refractivity contribution in [3.63, 3.8) is 0 Å². The Labute approximate surface area is 108 Å². The number of piperidine rings is 1. The van der Waals surface area contributed by atoms with Gasteiger partial charge in [-0.3, -0.25) is 4.79 Å². The number of carbonyl (C=O) groups is 1. The van der Waals surface area contributed by atoms with Gasteiger partial charge < -0.3 is 4.90 Å². The van der Waals surface area contributed by atoms with Crippen LogP contribution in [0.1, 0.15) is 36.2 Å². The van der Waals surface area contributed by atoms with E-state index in [-0.39, 0.29) is 11.7 Å². The third-order valence-corrected chi connectivity index (χ3v) is 3.57. The molecule has 0 saturated carbocycles. The number of rotatable bonds is 1. The molecule has 0 bridgehead atoms. The Morgan fingerprint density at radius 1 is 1.28 bits per heavy atom. The van der Waals surface area contributed by atoms with E-state index >= 15 is 0 Å². The predicted octanol–water partition coefficient (Wildman–Crippen LogP) is 3.25. The van der Waals surface area contributed by atoms with Crippen LogP contribution in [0, 0.1) is 24.6 Å². The Bertz CT molecular complexity index is 448. The van der Waals surface area contributed by atoms with E-state index in [1.165, 1.54) is 6.07 Å². The minimum Gasteiger partial charge on any atom is -0.338 e. The normalized spacial score (nSPS) is 24.1. The van der Waals surface area contributed by atoms with Crippen molar-refractivity contribution < 1.29 is 9.18 Å². The molecule has 1 heterocycles. The van der Waals surface area contributed by atoms with Gasteiger partial charge in [0.05, 0.1) is 0 Å². The van der Waals surface area contributed by atoms with E-state index in [9.17, 15) is 9.18 Å². The summed E-state index contributed by atoms with van der Waals surface area (Å²) < 4.78 is 13.5. The summed E-state index contributed by atoms with van der Waals surface area (Å²) >= 11 is 0. The van der Waals surface area contributed by atoms with Gasteiger partial charge in [0.15, 0.2) is 0 Å². The molecule has 3 heteroatoms. The zero-order valence-electron chi connectivity index (χ0n) is 11.2. The number of likely N-dealkylation sites (tertiary alicyclic amines) is 1. The van der Waals surface area contributed by atoms with Crippen molar-refractivity contribution in [1.29, 1.82) is 0 Å². The standard InChI is InChI=1S/C15H20FNO/c1-10-6-11(2)9-17(8-10)15(18)13-5-4-12(3)14(16)7-13/h4-5,7,10-11H,6,8-9H2,1-3H3. The highest BCUT2D eigenvalue weighted by atomic mass is 19.1. The predicted molar refractivity (Wildman–Crippen MR) is 70.0 cm³/mol. The van der Waals surface area contributed by atoms with E-state index in [0.717, 1.165) is 19.5 Å². The molecule has 1 aliphatic rings. The van der Waals surface area contributed by atoms with E-state index in [1.807, 2.05) is 4.90 Å². The summed E-state index contributed by atoms with van der Waals surface area (Å²) in [6.45, 7) is 7.57. The van der Waals surface area contributed by atoms with E-state index in [1.54, 1.807) is 19.1 Å². The van der Waals surface area contributed by atoms with Crippen molar-refractivity contribution >= 4 is 5.91 Å². The monoisotopic (exact) mass is 249 g/mol. The zero-order chi connectivity index (χ0) is 13.3. The van der Waals surface area contributed by atoms with Crippen molar-refractivity contribution in [2.75, 3.05) is 13.1 Å². The Kier molecular flexibility index (Phi) is 3.69. The number of amides is 1. The highest BCUT2D eigenvalue weighted by Gasteiger charge is 2.26. The lowest BCUT2D eigenvalue weighted by Crippen LogP contribution is -2.42. The summed E-state index contributed by atoms with van der Waals surface area (Å²) in [7, 11) is 0. The number of benzene rings is 1. The minimum absolute atomic E-state index is 0.0488. The van der Waals surface area contributed by atoms with Crippen LogP contribution in [0.2, 0.25) is 0 Å². The van der Waals surface area contributed by atoms with Crippen molar-refractivity contribution in [3.8, 4) is 0 Å². The van der Waals surface area contributed by atoms with Crippen LogP contribution >= 0.6 is 0 Å². The van der Waals surface area contributed by atoms with Gasteiger partial charge in [0.25, 0.3) is 5.91 Å². The highest BCUT2D eigenvalue weighted by molar-refractivity contribution is 5.94. The number of hydrogen-bond donors (Lipinski definition) is 0. The van der Waals surface area contributed by atoms with Gasteiger partial charge in [0, 0.05) is 18.7 Å². The van der Waals surface area contributed by atoms with Gasteiger partial charge in [-0.15, -0.1) is 0 Å². The van der Waals surface area contributed by atoms with E-state index < -0.39 is 0 Å². The molecule has 18 heavy (non-hydrogen) atoms. The molecule has 2 unspecified atom stereocenters. The quantitative estimate of drug-likeness (QED) is 0.748. The Morgan fingerprint density at radius 3 is 2.44 bits per heavy atom. The van der Waals surface area contributed by atoms with Crippen LogP contribution in [0.5, 0.6) is 0 Å². The molecule has 2 nitrogen and oxygen atoms in total. The Balaban J connectivity index is 2.17. The van der Waals surface area contributed by atoms with Gasteiger partial charge in [-0.05, 0) is 42.9 Å². The highest BCUT2D eigenvalue weighted by Crippen LogP contribution is 2.23. The van der Waals surface area contributed by atoms with E-state index in [0.29, 0.717) is 23.0 Å². The van der Waals surface area contributed by atoms with Crippen LogP contribution in [-0.4, -0.2) is 23.9 Å². The molecule has 0 aromatic heterocycles. The molecule has 1 fully saturated rings. The fourth-order valence-electron chi connectivity index (χ4n) is 2.74. The third kappa shape index (κ3) is 2.71. The molecule has 1 aromatic rings. The van der Waals surface area contributed by atoms with Crippen LogP contribution in [0.3, 0.4) is 0 Å². The van der Waals surface area contributed by atoms with Crippen LogP contribution in [0.15, 0.2) is 18.2 Å². The molecule has 0 aliphatic carbocycles. The van der Waals surface area contributed by atoms with Gasteiger partial charge >= 0.3 is 0 Å². The number of halogens is 1. The van der Waals surface area contributed by atoms with Crippen LogP contribution in [-0.2, 0) is 0 Å². The summed E-state index contributed by atoms with van der Waals surface area (Å²) in [5, 5.41) is 0. The minimum atomic E-state index is -0.307. The second kappa shape index (κ2) is 5.09. The van der Waals surface area contributed by atoms with Crippen LogP contribution in [0.25, 0.3) is 0 Å². The van der Waals surface area contributed by atoms with Gasteiger partial charge in [-0.2, -0.15) is 0 Å². The van der Waals surface area contributed by atoms with E-state index in [4.69, 9.17) is 0 Å². The Morgan fingerprint density at radius 2 is 1.89 bits per heavy atom. The molecule has 0 radical (unpaired) electrons. The first-order valence-electron chi connectivity index (χ1n) is 6.52. The molecule has 1 aliphatic heterocycles. The molecule has 2 rings (SSSR count). The van der Waals surface area contributed by atoms with Crippen molar-refractivity contribution in [2.45, 2.75) is 27.2 Å². The average Bonchev–Trinajstić information content (AvgIpc) is 2.30. The number of hydrogen-bond acceptors (Lipinski definition) is 1. The van der Waals surface area contributed by atoms with Gasteiger partial charge in [0.1, 0.15) is 5.82 Å². The van der Waals surface area contributed by atoms with Gasteiger partial charge in [0.2, 0.25) is 0 Å². The molecular formula is C15H20FNO. The number of aryl methyl sites for hydroxylation is 1. The maximum Gasteiger partial charge on any atom is 0.253 e. The summed E-state index contributed by atoms with van der Waals surface area (Å²) in [6.07, 6.45) is 1.16. The van der Waals surface area contributed by atoms with Gasteiger partial charge in [-0.25, -0.2) is 4.39 Å². The summed E-state index contributed by atoms with van der Waals surface area (Å²) in [5.74, 6) is 0.687. The molecule has 98 valence electrons. The molecule has 1 saturated heterocycles. The summed E-state index contributed by atoms with van der Waals surface area (Å²) in [5.41, 5.74) is 1.03. The lowest BCUT2D eigenvalue weighted by molar-refractivity contribution is 0.0622. The van der Waals surface area contributed by atoms with Crippen molar-refractivity contribution in [1.82, 2.24) is 4.90 Å². The zero-order valence-corrected chi connectivity index (χ0v) is 11.2.